The standard InChI is InChI=1S/C16H18N2O2S/c1-11-10-21-16(20)18(11)9-15(19)17-8-12-5-6-13-3-2-4-14(13)7-12/h5-7,10H,2-4,8-9H2,1H3,(H,17,19). The van der Waals surface area contributed by atoms with Crippen LogP contribution in [0, 0.1) is 6.92 Å². The van der Waals surface area contributed by atoms with Crippen molar-refractivity contribution >= 4 is 17.2 Å². The summed E-state index contributed by atoms with van der Waals surface area (Å²) in [4.78, 5) is 23.5. The van der Waals surface area contributed by atoms with Crippen LogP contribution in [0.2, 0.25) is 0 Å². The second kappa shape index (κ2) is 5.85. The number of rotatable bonds is 4. The number of thiazole rings is 1. The first-order valence-corrected chi connectivity index (χ1v) is 8.04. The SMILES string of the molecule is Cc1csc(=O)n1CC(=O)NCc1ccc2c(c1)CCC2. The number of fused-ring (bicyclic) bond motifs is 1. The highest BCUT2D eigenvalue weighted by molar-refractivity contribution is 7.07. The van der Waals surface area contributed by atoms with Gasteiger partial charge in [-0.15, -0.1) is 0 Å². The number of aromatic nitrogens is 1. The van der Waals surface area contributed by atoms with Crippen LogP contribution in [0.15, 0.2) is 28.4 Å². The molecule has 0 spiro atoms. The third-order valence-electron chi connectivity index (χ3n) is 3.93. The van der Waals surface area contributed by atoms with Crippen LogP contribution in [0.4, 0.5) is 0 Å². The maximum atomic E-state index is 12.0. The molecular weight excluding hydrogens is 284 g/mol. The van der Waals surface area contributed by atoms with Gasteiger partial charge >= 0.3 is 4.87 Å². The summed E-state index contributed by atoms with van der Waals surface area (Å²) in [5, 5.41) is 4.66. The van der Waals surface area contributed by atoms with Crippen molar-refractivity contribution in [2.24, 2.45) is 0 Å². The first-order chi connectivity index (χ1) is 10.1. The summed E-state index contributed by atoms with van der Waals surface area (Å²) in [6.45, 7) is 2.45. The number of hydrogen-bond acceptors (Lipinski definition) is 3. The molecule has 1 aliphatic carbocycles. The fourth-order valence-electron chi connectivity index (χ4n) is 2.73. The molecule has 0 fully saturated rings. The zero-order valence-electron chi connectivity index (χ0n) is 12.0. The van der Waals surface area contributed by atoms with Gasteiger partial charge in [-0.25, -0.2) is 0 Å². The molecule has 0 saturated carbocycles. The van der Waals surface area contributed by atoms with E-state index in [1.165, 1.54) is 28.5 Å². The van der Waals surface area contributed by atoms with Crippen molar-refractivity contribution in [1.29, 1.82) is 0 Å². The van der Waals surface area contributed by atoms with Gasteiger partial charge in [0.05, 0.1) is 0 Å². The lowest BCUT2D eigenvalue weighted by molar-refractivity contribution is -0.121. The van der Waals surface area contributed by atoms with Gasteiger partial charge in [-0.2, -0.15) is 0 Å². The molecule has 0 unspecified atom stereocenters. The zero-order valence-corrected chi connectivity index (χ0v) is 12.8. The maximum absolute atomic E-state index is 12.0. The van der Waals surface area contributed by atoms with Crippen molar-refractivity contribution in [2.75, 3.05) is 0 Å². The van der Waals surface area contributed by atoms with Crippen LogP contribution in [0.5, 0.6) is 0 Å². The molecule has 0 saturated heterocycles. The van der Waals surface area contributed by atoms with E-state index >= 15 is 0 Å². The van der Waals surface area contributed by atoms with E-state index < -0.39 is 0 Å². The first-order valence-electron chi connectivity index (χ1n) is 7.16. The van der Waals surface area contributed by atoms with E-state index in [4.69, 9.17) is 0 Å². The number of benzene rings is 1. The molecule has 0 aliphatic heterocycles. The average molecular weight is 302 g/mol. The Bertz CT molecular complexity index is 730. The quantitative estimate of drug-likeness (QED) is 0.939. The summed E-state index contributed by atoms with van der Waals surface area (Å²) in [7, 11) is 0. The molecule has 1 N–H and O–H groups in total. The van der Waals surface area contributed by atoms with Crippen LogP contribution in [0.1, 0.15) is 28.8 Å². The average Bonchev–Trinajstić information content (AvgIpc) is 3.06. The Hall–Kier alpha value is -1.88. The monoisotopic (exact) mass is 302 g/mol. The second-order valence-electron chi connectivity index (χ2n) is 5.46. The highest BCUT2D eigenvalue weighted by atomic mass is 32.1. The van der Waals surface area contributed by atoms with E-state index in [0.29, 0.717) is 6.54 Å². The highest BCUT2D eigenvalue weighted by Gasteiger charge is 2.12. The van der Waals surface area contributed by atoms with E-state index in [9.17, 15) is 9.59 Å². The van der Waals surface area contributed by atoms with Crippen LogP contribution >= 0.6 is 11.3 Å². The highest BCUT2D eigenvalue weighted by Crippen LogP contribution is 2.22. The molecule has 1 aromatic carbocycles. The Labute approximate surface area is 127 Å². The normalized spacial score (nSPS) is 13.2. The van der Waals surface area contributed by atoms with E-state index in [1.54, 1.807) is 5.38 Å². The molecule has 4 nitrogen and oxygen atoms in total. The fourth-order valence-corrected chi connectivity index (χ4v) is 3.47. The van der Waals surface area contributed by atoms with Crippen LogP contribution < -0.4 is 10.2 Å². The third-order valence-corrected chi connectivity index (χ3v) is 4.81. The van der Waals surface area contributed by atoms with Crippen molar-refractivity contribution in [1.82, 2.24) is 9.88 Å². The molecular formula is C16H18N2O2S. The van der Waals surface area contributed by atoms with Crippen molar-refractivity contribution in [3.05, 3.63) is 55.6 Å². The Morgan fingerprint density at radius 3 is 2.90 bits per heavy atom. The first kappa shape index (κ1) is 14.1. The minimum Gasteiger partial charge on any atom is -0.350 e. The Morgan fingerprint density at radius 1 is 1.33 bits per heavy atom. The van der Waals surface area contributed by atoms with Crippen molar-refractivity contribution in [3.63, 3.8) is 0 Å². The maximum Gasteiger partial charge on any atom is 0.307 e. The lowest BCUT2D eigenvalue weighted by Gasteiger charge is -2.08. The van der Waals surface area contributed by atoms with Gasteiger partial charge in [-0.3, -0.25) is 14.2 Å². The topological polar surface area (TPSA) is 51.1 Å². The van der Waals surface area contributed by atoms with Gasteiger partial charge in [-0.05, 0) is 42.9 Å². The molecule has 1 aromatic heterocycles. The Balaban J connectivity index is 1.60. The van der Waals surface area contributed by atoms with E-state index in [0.717, 1.165) is 29.0 Å². The predicted molar refractivity (Wildman–Crippen MR) is 83.6 cm³/mol. The van der Waals surface area contributed by atoms with E-state index in [2.05, 4.69) is 23.5 Å². The number of aryl methyl sites for hydroxylation is 3. The van der Waals surface area contributed by atoms with Gasteiger partial charge in [-0.1, -0.05) is 29.5 Å². The minimum absolute atomic E-state index is 0.0832. The van der Waals surface area contributed by atoms with E-state index in [1.807, 2.05) is 6.92 Å². The molecule has 1 aliphatic rings. The van der Waals surface area contributed by atoms with Crippen molar-refractivity contribution in [2.45, 2.75) is 39.3 Å². The Morgan fingerprint density at radius 2 is 2.14 bits per heavy atom. The lowest BCUT2D eigenvalue weighted by atomic mass is 10.1. The van der Waals surface area contributed by atoms with Gasteiger partial charge < -0.3 is 5.32 Å². The number of amides is 1. The summed E-state index contributed by atoms with van der Waals surface area (Å²) in [5.74, 6) is -0.126. The van der Waals surface area contributed by atoms with Gasteiger partial charge in [0.2, 0.25) is 5.91 Å². The molecule has 2 aromatic rings. The lowest BCUT2D eigenvalue weighted by Crippen LogP contribution is -2.30. The second-order valence-corrected chi connectivity index (χ2v) is 6.28. The fraction of sp³-hybridized carbons (Fsp3) is 0.375. The van der Waals surface area contributed by atoms with E-state index in [-0.39, 0.29) is 17.3 Å². The van der Waals surface area contributed by atoms with Gasteiger partial charge in [0.1, 0.15) is 6.54 Å². The zero-order chi connectivity index (χ0) is 14.8. The molecule has 110 valence electrons. The van der Waals surface area contributed by atoms with Crippen LogP contribution in [0.25, 0.3) is 0 Å². The number of nitrogens with one attached hydrogen (secondary N) is 1. The summed E-state index contributed by atoms with van der Waals surface area (Å²) in [5.41, 5.74) is 4.80. The minimum atomic E-state index is -0.126. The van der Waals surface area contributed by atoms with Crippen LogP contribution in [0.3, 0.4) is 0 Å². The summed E-state index contributed by atoms with van der Waals surface area (Å²) in [6.07, 6.45) is 3.54. The molecule has 5 heteroatoms. The third kappa shape index (κ3) is 3.08. The van der Waals surface area contributed by atoms with Crippen molar-refractivity contribution in [3.8, 4) is 0 Å². The van der Waals surface area contributed by atoms with Crippen LogP contribution in [-0.4, -0.2) is 10.5 Å². The Kier molecular flexibility index (Phi) is 3.92. The van der Waals surface area contributed by atoms with Crippen LogP contribution in [-0.2, 0) is 30.7 Å². The smallest absolute Gasteiger partial charge is 0.307 e. The number of hydrogen-bond donors (Lipinski definition) is 1. The summed E-state index contributed by atoms with van der Waals surface area (Å²) < 4.78 is 1.50. The largest absolute Gasteiger partial charge is 0.350 e. The summed E-state index contributed by atoms with van der Waals surface area (Å²) >= 11 is 1.13. The number of carbonyl (C=O) groups excluding carboxylic acids is 1. The van der Waals surface area contributed by atoms with Gasteiger partial charge in [0.25, 0.3) is 0 Å². The number of carbonyl (C=O) groups is 1. The molecule has 3 rings (SSSR count). The summed E-state index contributed by atoms with van der Waals surface area (Å²) in [6, 6.07) is 6.43. The van der Waals surface area contributed by atoms with Gasteiger partial charge in [0.15, 0.2) is 0 Å². The molecule has 21 heavy (non-hydrogen) atoms. The molecule has 1 heterocycles. The molecule has 0 atom stereocenters. The molecule has 0 radical (unpaired) electrons. The van der Waals surface area contributed by atoms with Gasteiger partial charge in [0, 0.05) is 17.6 Å². The molecule has 0 bridgehead atoms. The molecule has 1 amide bonds. The van der Waals surface area contributed by atoms with Crippen molar-refractivity contribution < 1.29 is 4.79 Å². The predicted octanol–water partition coefficient (Wildman–Crippen LogP) is 2.02. The number of nitrogens with zero attached hydrogens (tertiary/aromatic N) is 1.